The van der Waals surface area contributed by atoms with E-state index in [1.807, 2.05) is 0 Å². The number of halogens is 2. The average Bonchev–Trinajstić information content (AvgIpc) is 3.25. The Balaban J connectivity index is 1.73. The van der Waals surface area contributed by atoms with E-state index in [4.69, 9.17) is 9.47 Å². The predicted octanol–water partition coefficient (Wildman–Crippen LogP) is 4.18. The number of aromatic nitrogens is 3. The molecule has 1 fully saturated rings. The van der Waals surface area contributed by atoms with E-state index in [9.17, 15) is 8.78 Å². The predicted molar refractivity (Wildman–Crippen MR) is 87.0 cm³/mol. The van der Waals surface area contributed by atoms with Crippen LogP contribution in [0.2, 0.25) is 0 Å². The van der Waals surface area contributed by atoms with Crippen LogP contribution in [-0.2, 0) is 7.05 Å². The Labute approximate surface area is 142 Å². The molecule has 128 valence electrons. The van der Waals surface area contributed by atoms with E-state index in [1.165, 1.54) is 6.07 Å². The van der Waals surface area contributed by atoms with Crippen LogP contribution in [0.15, 0.2) is 24.3 Å². The van der Waals surface area contributed by atoms with E-state index < -0.39 is 6.43 Å². The molecule has 1 aromatic carbocycles. The van der Waals surface area contributed by atoms with E-state index in [1.54, 1.807) is 29.9 Å². The quantitative estimate of drug-likeness (QED) is 0.716. The summed E-state index contributed by atoms with van der Waals surface area (Å²) in [7, 11) is 1.75. The third-order valence-electron chi connectivity index (χ3n) is 4.72. The van der Waals surface area contributed by atoms with Crippen molar-refractivity contribution >= 4 is 11.0 Å². The van der Waals surface area contributed by atoms with Crippen molar-refractivity contribution in [2.45, 2.75) is 25.2 Å². The van der Waals surface area contributed by atoms with Gasteiger partial charge in [0.05, 0.1) is 16.8 Å². The minimum absolute atomic E-state index is 0.00679. The summed E-state index contributed by atoms with van der Waals surface area (Å²) in [5.74, 6) is 1.52. The lowest BCUT2D eigenvalue weighted by Crippen LogP contribution is -1.96. The number of nitrogens with zero attached hydrogens (tertiary/aromatic N) is 3. The first-order valence-electron chi connectivity index (χ1n) is 8.17. The van der Waals surface area contributed by atoms with Gasteiger partial charge in [0.25, 0.3) is 6.43 Å². The standard InChI is InChI=1S/C18H15F2N3O2/c1-23-18-15(16(22-23)9-2-3-9)11(17(19)20)7-12(21-18)10-4-5-13-14(6-10)25-8-24-13/h4-7,9,17H,2-3,8H2,1H3. The van der Waals surface area contributed by atoms with Gasteiger partial charge >= 0.3 is 0 Å². The molecule has 0 N–H and O–H groups in total. The third-order valence-corrected chi connectivity index (χ3v) is 4.72. The molecule has 0 amide bonds. The van der Waals surface area contributed by atoms with E-state index in [0.29, 0.717) is 33.8 Å². The Morgan fingerprint density at radius 1 is 1.16 bits per heavy atom. The van der Waals surface area contributed by atoms with Crippen molar-refractivity contribution in [1.82, 2.24) is 14.8 Å². The molecular formula is C18H15F2N3O2. The number of hydrogen-bond acceptors (Lipinski definition) is 4. The summed E-state index contributed by atoms with van der Waals surface area (Å²) in [6.45, 7) is 0.167. The number of benzene rings is 1. The molecule has 2 aliphatic rings. The summed E-state index contributed by atoms with van der Waals surface area (Å²) in [4.78, 5) is 4.62. The number of ether oxygens (including phenoxy) is 2. The Hall–Kier alpha value is -2.70. The molecule has 0 saturated heterocycles. The number of fused-ring (bicyclic) bond motifs is 2. The van der Waals surface area contributed by atoms with Crippen LogP contribution in [0.1, 0.15) is 36.4 Å². The second kappa shape index (κ2) is 5.15. The highest BCUT2D eigenvalue weighted by Gasteiger charge is 2.32. The highest BCUT2D eigenvalue weighted by molar-refractivity contribution is 5.86. The molecule has 5 nitrogen and oxygen atoms in total. The molecule has 3 heterocycles. The number of hydrogen-bond donors (Lipinski definition) is 0. The van der Waals surface area contributed by atoms with Gasteiger partial charge in [-0.25, -0.2) is 13.8 Å². The lowest BCUT2D eigenvalue weighted by molar-refractivity contribution is 0.153. The maximum atomic E-state index is 13.8. The van der Waals surface area contributed by atoms with Crippen molar-refractivity contribution in [3.63, 3.8) is 0 Å². The van der Waals surface area contributed by atoms with Gasteiger partial charge in [-0.1, -0.05) is 0 Å². The molecule has 1 aliphatic heterocycles. The van der Waals surface area contributed by atoms with Gasteiger partial charge in [0, 0.05) is 24.1 Å². The largest absolute Gasteiger partial charge is 0.454 e. The van der Waals surface area contributed by atoms with Crippen molar-refractivity contribution in [3.05, 3.63) is 35.5 Å². The Bertz CT molecular complexity index is 996. The summed E-state index contributed by atoms with van der Waals surface area (Å²) >= 11 is 0. The van der Waals surface area contributed by atoms with Crippen LogP contribution in [0.5, 0.6) is 11.5 Å². The fourth-order valence-electron chi connectivity index (χ4n) is 3.32. The number of rotatable bonds is 3. The zero-order valence-electron chi connectivity index (χ0n) is 13.5. The van der Waals surface area contributed by atoms with E-state index in [0.717, 1.165) is 18.5 Å². The van der Waals surface area contributed by atoms with Crippen LogP contribution >= 0.6 is 0 Å². The van der Waals surface area contributed by atoms with Gasteiger partial charge in [0.15, 0.2) is 17.1 Å². The fraction of sp³-hybridized carbons (Fsp3) is 0.333. The van der Waals surface area contributed by atoms with Crippen LogP contribution < -0.4 is 9.47 Å². The second-order valence-electron chi connectivity index (χ2n) is 6.45. The summed E-state index contributed by atoms with van der Waals surface area (Å²) in [5.41, 5.74) is 2.42. The molecule has 1 aliphatic carbocycles. The van der Waals surface area contributed by atoms with E-state index in [2.05, 4.69) is 10.1 Å². The molecule has 25 heavy (non-hydrogen) atoms. The number of alkyl halides is 2. The Kier molecular flexibility index (Phi) is 3.01. The van der Waals surface area contributed by atoms with Gasteiger partial charge in [0.2, 0.25) is 6.79 Å². The van der Waals surface area contributed by atoms with Gasteiger partial charge in [-0.3, -0.25) is 4.68 Å². The van der Waals surface area contributed by atoms with Crippen molar-refractivity contribution in [2.24, 2.45) is 7.05 Å². The van der Waals surface area contributed by atoms with Gasteiger partial charge in [-0.2, -0.15) is 5.10 Å². The van der Waals surface area contributed by atoms with Crippen molar-refractivity contribution in [3.8, 4) is 22.8 Å². The Morgan fingerprint density at radius 2 is 1.96 bits per heavy atom. The summed E-state index contributed by atoms with van der Waals surface area (Å²) < 4.78 is 39.8. The van der Waals surface area contributed by atoms with E-state index in [-0.39, 0.29) is 18.3 Å². The zero-order valence-corrected chi connectivity index (χ0v) is 13.5. The second-order valence-corrected chi connectivity index (χ2v) is 6.45. The van der Waals surface area contributed by atoms with E-state index >= 15 is 0 Å². The van der Waals surface area contributed by atoms with Gasteiger partial charge in [-0.15, -0.1) is 0 Å². The van der Waals surface area contributed by atoms with Gasteiger partial charge < -0.3 is 9.47 Å². The first-order valence-corrected chi connectivity index (χ1v) is 8.17. The minimum Gasteiger partial charge on any atom is -0.454 e. The van der Waals surface area contributed by atoms with Crippen molar-refractivity contribution < 1.29 is 18.3 Å². The maximum Gasteiger partial charge on any atom is 0.264 e. The molecule has 0 bridgehead atoms. The first-order chi connectivity index (χ1) is 12.1. The lowest BCUT2D eigenvalue weighted by Gasteiger charge is -2.08. The summed E-state index contributed by atoms with van der Waals surface area (Å²) in [5, 5.41) is 4.97. The first kappa shape index (κ1) is 14.6. The molecule has 1 saturated carbocycles. The maximum absolute atomic E-state index is 13.8. The monoisotopic (exact) mass is 343 g/mol. The summed E-state index contributed by atoms with van der Waals surface area (Å²) in [6, 6.07) is 6.81. The molecule has 0 atom stereocenters. The molecule has 0 unspecified atom stereocenters. The minimum atomic E-state index is -2.58. The van der Waals surface area contributed by atoms with Gasteiger partial charge in [-0.05, 0) is 37.1 Å². The molecule has 0 spiro atoms. The van der Waals surface area contributed by atoms with Crippen LogP contribution in [-0.4, -0.2) is 21.6 Å². The molecule has 0 radical (unpaired) electrons. The number of pyridine rings is 1. The van der Waals surface area contributed by atoms with Crippen molar-refractivity contribution in [2.75, 3.05) is 6.79 Å². The molecule has 5 rings (SSSR count). The van der Waals surface area contributed by atoms with Crippen LogP contribution in [0.4, 0.5) is 8.78 Å². The third kappa shape index (κ3) is 2.26. The topological polar surface area (TPSA) is 49.2 Å². The highest BCUT2D eigenvalue weighted by Crippen LogP contribution is 2.45. The number of aryl methyl sites for hydroxylation is 1. The molecule has 7 heteroatoms. The molecule has 2 aromatic heterocycles. The van der Waals surface area contributed by atoms with Gasteiger partial charge in [0.1, 0.15) is 0 Å². The average molecular weight is 343 g/mol. The smallest absolute Gasteiger partial charge is 0.264 e. The Morgan fingerprint density at radius 3 is 2.72 bits per heavy atom. The van der Waals surface area contributed by atoms with Crippen LogP contribution in [0.3, 0.4) is 0 Å². The normalized spacial score (nSPS) is 16.2. The fourth-order valence-corrected chi connectivity index (χ4v) is 3.32. The summed E-state index contributed by atoms with van der Waals surface area (Å²) in [6.07, 6.45) is -0.586. The molecule has 3 aromatic rings. The lowest BCUT2D eigenvalue weighted by atomic mass is 10.0. The van der Waals surface area contributed by atoms with Crippen LogP contribution in [0.25, 0.3) is 22.3 Å². The highest BCUT2D eigenvalue weighted by atomic mass is 19.3. The SMILES string of the molecule is Cn1nc(C2CC2)c2c(C(F)F)cc(-c3ccc4c(c3)OCO4)nc21. The molecular weight excluding hydrogens is 328 g/mol. The zero-order chi connectivity index (χ0) is 17.1. The van der Waals surface area contributed by atoms with Crippen molar-refractivity contribution in [1.29, 1.82) is 0 Å². The van der Waals surface area contributed by atoms with Crippen LogP contribution in [0, 0.1) is 0 Å².